The third-order valence-electron chi connectivity index (χ3n) is 2.32. The third kappa shape index (κ3) is 3.92. The average Bonchev–Trinajstić information content (AvgIpc) is 2.30. The van der Waals surface area contributed by atoms with Crippen molar-refractivity contribution in [1.82, 2.24) is 4.31 Å². The normalized spacial score (nSPS) is 11.4. The summed E-state index contributed by atoms with van der Waals surface area (Å²) < 4.78 is 24.8. The minimum absolute atomic E-state index is 0.0463. The Kier molecular flexibility index (Phi) is 5.09. The Morgan fingerprint density at radius 3 is 2.45 bits per heavy atom. The molecule has 0 spiro atoms. The average molecular weight is 321 g/mol. The van der Waals surface area contributed by atoms with Crippen molar-refractivity contribution in [3.63, 3.8) is 0 Å². The predicted octanol–water partition coefficient (Wildman–Crippen LogP) is 1.00. The van der Waals surface area contributed by atoms with E-state index in [9.17, 15) is 18.0 Å². The number of likely N-dealkylation sites (N-methyl/N-ethyl adjacent to an activating group) is 1. The number of halogens is 1. The maximum absolute atomic E-state index is 12.1. The molecule has 0 saturated heterocycles. The summed E-state index contributed by atoms with van der Waals surface area (Å²) in [6.45, 7) is 0.634. The van der Waals surface area contributed by atoms with E-state index >= 15 is 0 Å². The Balaban J connectivity index is 3.11. The van der Waals surface area contributed by atoms with Crippen molar-refractivity contribution in [3.05, 3.63) is 23.2 Å². The van der Waals surface area contributed by atoms with Crippen LogP contribution in [0.2, 0.25) is 5.02 Å². The largest absolute Gasteiger partial charge is 0.480 e. The summed E-state index contributed by atoms with van der Waals surface area (Å²) in [6, 6.07) is 3.73. The van der Waals surface area contributed by atoms with Crippen LogP contribution >= 0.6 is 11.6 Å². The van der Waals surface area contributed by atoms with Gasteiger partial charge in [-0.05, 0) is 18.2 Å². The highest BCUT2D eigenvalue weighted by Crippen LogP contribution is 2.26. The lowest BCUT2D eigenvalue weighted by Crippen LogP contribution is -2.32. The van der Waals surface area contributed by atoms with E-state index in [4.69, 9.17) is 16.7 Å². The molecular formula is C11H13ClN2O5S. The van der Waals surface area contributed by atoms with Gasteiger partial charge in [-0.15, -0.1) is 0 Å². The van der Waals surface area contributed by atoms with Gasteiger partial charge in [0.15, 0.2) is 0 Å². The first-order chi connectivity index (χ1) is 9.14. The Morgan fingerprint density at radius 1 is 1.40 bits per heavy atom. The number of anilines is 1. The number of hydrogen-bond donors (Lipinski definition) is 2. The van der Waals surface area contributed by atoms with E-state index in [-0.39, 0.29) is 21.5 Å². The molecule has 0 aliphatic carbocycles. The summed E-state index contributed by atoms with van der Waals surface area (Å²) in [7, 11) is -2.79. The van der Waals surface area contributed by atoms with Crippen molar-refractivity contribution in [2.24, 2.45) is 0 Å². The smallest absolute Gasteiger partial charge is 0.318 e. The highest BCUT2D eigenvalue weighted by Gasteiger charge is 2.23. The molecule has 110 valence electrons. The standard InChI is InChI=1S/C11H13ClN2O5S/c1-7(15)13-10-4-3-8(5-9(10)12)20(18,19)14(2)6-11(16)17/h3-5H,6H2,1-2H3,(H,13,15)(H,16,17). The molecule has 1 amide bonds. The molecule has 0 saturated carbocycles. The molecule has 2 N–H and O–H groups in total. The van der Waals surface area contributed by atoms with Gasteiger partial charge in [0.25, 0.3) is 0 Å². The monoisotopic (exact) mass is 320 g/mol. The fraction of sp³-hybridized carbons (Fsp3) is 0.273. The van der Waals surface area contributed by atoms with Gasteiger partial charge >= 0.3 is 5.97 Å². The number of carbonyl (C=O) groups is 2. The molecule has 0 fully saturated rings. The summed E-state index contributed by atoms with van der Waals surface area (Å²) >= 11 is 5.88. The Morgan fingerprint density at radius 2 is 2.00 bits per heavy atom. The molecule has 20 heavy (non-hydrogen) atoms. The van der Waals surface area contributed by atoms with Gasteiger partial charge in [0, 0.05) is 14.0 Å². The van der Waals surface area contributed by atoms with Crippen LogP contribution in [0.15, 0.2) is 23.1 Å². The molecule has 1 rings (SSSR count). The summed E-state index contributed by atoms with van der Waals surface area (Å²) in [5.41, 5.74) is 0.277. The molecule has 1 aromatic carbocycles. The number of rotatable bonds is 5. The first kappa shape index (κ1) is 16.4. The van der Waals surface area contributed by atoms with Gasteiger partial charge in [-0.1, -0.05) is 11.6 Å². The first-order valence-corrected chi connectivity index (χ1v) is 7.21. The van der Waals surface area contributed by atoms with Crippen LogP contribution in [0.4, 0.5) is 5.69 Å². The lowest BCUT2D eigenvalue weighted by atomic mass is 10.3. The minimum atomic E-state index is -3.95. The van der Waals surface area contributed by atoms with Gasteiger partial charge in [0.1, 0.15) is 6.54 Å². The summed E-state index contributed by atoms with van der Waals surface area (Å²) in [4.78, 5) is 21.3. The van der Waals surface area contributed by atoms with E-state index in [1.807, 2.05) is 0 Å². The van der Waals surface area contributed by atoms with E-state index in [0.717, 1.165) is 13.1 Å². The van der Waals surface area contributed by atoms with Gasteiger partial charge < -0.3 is 10.4 Å². The number of nitrogens with one attached hydrogen (secondary N) is 1. The van der Waals surface area contributed by atoms with Gasteiger partial charge in [-0.3, -0.25) is 9.59 Å². The summed E-state index contributed by atoms with van der Waals surface area (Å²) in [5, 5.41) is 11.1. The van der Waals surface area contributed by atoms with Crippen molar-refractivity contribution in [2.75, 3.05) is 18.9 Å². The van der Waals surface area contributed by atoms with Gasteiger partial charge in [-0.25, -0.2) is 8.42 Å². The molecule has 7 nitrogen and oxygen atoms in total. The van der Waals surface area contributed by atoms with Gasteiger partial charge in [0.05, 0.1) is 15.6 Å². The topological polar surface area (TPSA) is 104 Å². The van der Waals surface area contributed by atoms with Crippen LogP contribution in [0.5, 0.6) is 0 Å². The van der Waals surface area contributed by atoms with E-state index in [1.54, 1.807) is 0 Å². The number of nitrogens with zero attached hydrogens (tertiary/aromatic N) is 1. The fourth-order valence-electron chi connectivity index (χ4n) is 1.40. The van der Waals surface area contributed by atoms with Crippen LogP contribution in [0.25, 0.3) is 0 Å². The van der Waals surface area contributed by atoms with Crippen LogP contribution in [-0.2, 0) is 19.6 Å². The minimum Gasteiger partial charge on any atom is -0.480 e. The number of hydrogen-bond acceptors (Lipinski definition) is 4. The van der Waals surface area contributed by atoms with Gasteiger partial charge in [0.2, 0.25) is 15.9 Å². The fourth-order valence-corrected chi connectivity index (χ4v) is 2.84. The van der Waals surface area contributed by atoms with E-state index in [1.165, 1.54) is 19.1 Å². The number of carboxylic acid groups (broad SMARTS) is 1. The Bertz CT molecular complexity index is 644. The molecule has 0 aliphatic heterocycles. The SMILES string of the molecule is CC(=O)Nc1ccc(S(=O)(=O)N(C)CC(=O)O)cc1Cl. The van der Waals surface area contributed by atoms with Crippen LogP contribution in [0.3, 0.4) is 0 Å². The van der Waals surface area contributed by atoms with Crippen molar-refractivity contribution in [2.45, 2.75) is 11.8 Å². The summed E-state index contributed by atoms with van der Waals surface area (Å²) in [6.07, 6.45) is 0. The van der Waals surface area contributed by atoms with E-state index < -0.39 is 22.5 Å². The number of carbonyl (C=O) groups excluding carboxylic acids is 1. The van der Waals surface area contributed by atoms with Crippen molar-refractivity contribution in [1.29, 1.82) is 0 Å². The van der Waals surface area contributed by atoms with E-state index in [2.05, 4.69) is 5.32 Å². The van der Waals surface area contributed by atoms with Crippen molar-refractivity contribution >= 4 is 39.2 Å². The van der Waals surface area contributed by atoms with Crippen LogP contribution in [0.1, 0.15) is 6.92 Å². The quantitative estimate of drug-likeness (QED) is 0.842. The highest BCUT2D eigenvalue weighted by atomic mass is 35.5. The number of sulfonamides is 1. The maximum atomic E-state index is 12.1. The molecule has 0 aliphatic rings. The number of aliphatic carboxylic acids is 1. The highest BCUT2D eigenvalue weighted by molar-refractivity contribution is 7.89. The molecule has 9 heteroatoms. The lowest BCUT2D eigenvalue weighted by Gasteiger charge is -2.15. The molecule has 0 radical (unpaired) electrons. The molecular weight excluding hydrogens is 308 g/mol. The number of carboxylic acids is 1. The van der Waals surface area contributed by atoms with Crippen LogP contribution in [0, 0.1) is 0 Å². The lowest BCUT2D eigenvalue weighted by molar-refractivity contribution is -0.137. The molecule has 0 bridgehead atoms. The number of benzene rings is 1. The Hall–Kier alpha value is -1.64. The molecule has 0 aromatic heterocycles. The second-order valence-electron chi connectivity index (χ2n) is 3.98. The molecule has 0 unspecified atom stereocenters. The zero-order valence-electron chi connectivity index (χ0n) is 10.8. The van der Waals surface area contributed by atoms with Crippen LogP contribution < -0.4 is 5.32 Å². The predicted molar refractivity (Wildman–Crippen MR) is 73.2 cm³/mol. The molecule has 0 heterocycles. The third-order valence-corrected chi connectivity index (χ3v) is 4.43. The van der Waals surface area contributed by atoms with Crippen molar-refractivity contribution < 1.29 is 23.1 Å². The maximum Gasteiger partial charge on any atom is 0.318 e. The second kappa shape index (κ2) is 6.21. The second-order valence-corrected chi connectivity index (χ2v) is 6.43. The zero-order chi connectivity index (χ0) is 15.5. The van der Waals surface area contributed by atoms with Gasteiger partial charge in [-0.2, -0.15) is 4.31 Å². The van der Waals surface area contributed by atoms with Crippen LogP contribution in [-0.4, -0.2) is 43.3 Å². The summed E-state index contributed by atoms with van der Waals surface area (Å²) in [5.74, 6) is -1.61. The van der Waals surface area contributed by atoms with Crippen molar-refractivity contribution in [3.8, 4) is 0 Å². The van der Waals surface area contributed by atoms with E-state index in [0.29, 0.717) is 4.31 Å². The molecule has 0 atom stereocenters. The number of amides is 1. The Labute approximate surface area is 121 Å². The molecule has 1 aromatic rings. The zero-order valence-corrected chi connectivity index (χ0v) is 12.3. The first-order valence-electron chi connectivity index (χ1n) is 5.40.